The molecular weight excluding hydrogens is 324 g/mol. The van der Waals surface area contributed by atoms with E-state index >= 15 is 0 Å². The molecule has 0 fully saturated rings. The second kappa shape index (κ2) is 6.48. The third-order valence-corrected chi connectivity index (χ3v) is 4.05. The highest BCUT2D eigenvalue weighted by atomic mass is 79.9. The van der Waals surface area contributed by atoms with Crippen molar-refractivity contribution in [1.29, 1.82) is 0 Å². The number of carboxylic acid groups (broad SMARTS) is 1. The van der Waals surface area contributed by atoms with E-state index in [1.54, 1.807) is 28.1 Å². The molecule has 1 rings (SSSR count). The van der Waals surface area contributed by atoms with Gasteiger partial charge < -0.3 is 14.6 Å². The highest BCUT2D eigenvalue weighted by Crippen LogP contribution is 2.42. The first kappa shape index (κ1) is 16.8. The van der Waals surface area contributed by atoms with E-state index in [0.29, 0.717) is 12.2 Å². The minimum Gasteiger partial charge on any atom is -0.495 e. The van der Waals surface area contributed by atoms with Crippen LogP contribution in [0.25, 0.3) is 0 Å². The van der Waals surface area contributed by atoms with Crippen LogP contribution >= 0.6 is 15.9 Å². The molecule has 0 heterocycles. The molecule has 0 unspecified atom stereocenters. The average Bonchev–Trinajstić information content (AvgIpc) is 2.37. The summed E-state index contributed by atoms with van der Waals surface area (Å²) in [5.41, 5.74) is 1.03. The predicted molar refractivity (Wildman–Crippen MR) is 81.7 cm³/mol. The minimum absolute atomic E-state index is 0.390. The summed E-state index contributed by atoms with van der Waals surface area (Å²) in [5, 5.41) is 9.29. The third-order valence-electron chi connectivity index (χ3n) is 3.33. The van der Waals surface area contributed by atoms with Crippen LogP contribution in [0.3, 0.4) is 0 Å². The maximum absolute atomic E-state index is 11.3. The maximum Gasteiger partial charge on any atom is 0.309 e. The van der Waals surface area contributed by atoms with Crippen LogP contribution in [-0.2, 0) is 17.6 Å². The summed E-state index contributed by atoms with van der Waals surface area (Å²) in [6, 6.07) is 1.97. The highest BCUT2D eigenvalue weighted by Gasteiger charge is 2.30. The van der Waals surface area contributed by atoms with Gasteiger partial charge in [-0.15, -0.1) is 0 Å². The molecule has 0 atom stereocenters. The number of hydrogen-bond acceptors (Lipinski definition) is 3. The van der Waals surface area contributed by atoms with E-state index in [1.807, 2.05) is 13.0 Å². The van der Waals surface area contributed by atoms with Crippen molar-refractivity contribution in [2.45, 2.75) is 33.6 Å². The summed E-state index contributed by atoms with van der Waals surface area (Å²) in [5.74, 6) is 0.541. The topological polar surface area (TPSA) is 55.8 Å². The van der Waals surface area contributed by atoms with Gasteiger partial charge >= 0.3 is 5.97 Å². The molecule has 1 N–H and O–H groups in total. The van der Waals surface area contributed by atoms with Gasteiger partial charge in [-0.3, -0.25) is 4.79 Å². The Balaban J connectivity index is 3.39. The number of rotatable bonds is 6. The fraction of sp³-hybridized carbons (Fsp3) is 0.533. The van der Waals surface area contributed by atoms with Crippen molar-refractivity contribution in [2.75, 3.05) is 14.2 Å². The quantitative estimate of drug-likeness (QED) is 0.855. The fourth-order valence-corrected chi connectivity index (χ4v) is 2.95. The minimum atomic E-state index is -0.855. The molecule has 1 aromatic carbocycles. The first-order valence-corrected chi connectivity index (χ1v) is 7.23. The second-order valence-electron chi connectivity index (χ2n) is 5.29. The lowest BCUT2D eigenvalue weighted by atomic mass is 9.85. The van der Waals surface area contributed by atoms with Crippen LogP contribution in [0.15, 0.2) is 10.5 Å². The number of methoxy groups -OCH3 is 2. The van der Waals surface area contributed by atoms with Gasteiger partial charge in [0.05, 0.1) is 19.6 Å². The van der Waals surface area contributed by atoms with Crippen LogP contribution in [-0.4, -0.2) is 25.3 Å². The van der Waals surface area contributed by atoms with E-state index < -0.39 is 11.4 Å². The molecule has 0 aromatic heterocycles. The van der Waals surface area contributed by atoms with Gasteiger partial charge in [-0.05, 0) is 59.8 Å². The van der Waals surface area contributed by atoms with Gasteiger partial charge in [-0.25, -0.2) is 0 Å². The molecule has 0 amide bonds. The third kappa shape index (κ3) is 3.26. The van der Waals surface area contributed by atoms with E-state index in [9.17, 15) is 9.90 Å². The van der Waals surface area contributed by atoms with Gasteiger partial charge in [0.15, 0.2) is 0 Å². The molecule has 0 radical (unpaired) electrons. The predicted octanol–water partition coefficient (Wildman–Crippen LogP) is 3.68. The molecule has 0 bridgehead atoms. The van der Waals surface area contributed by atoms with Gasteiger partial charge in [-0.1, -0.05) is 6.92 Å². The SMILES string of the molecule is CCc1cc(CC(C)(C)C(=O)O)c(OC)c(Br)c1OC. The molecule has 20 heavy (non-hydrogen) atoms. The van der Waals surface area contributed by atoms with E-state index in [2.05, 4.69) is 15.9 Å². The van der Waals surface area contributed by atoms with Gasteiger partial charge in [0.2, 0.25) is 0 Å². The number of carboxylic acids is 1. The number of aliphatic carboxylic acids is 1. The first-order valence-electron chi connectivity index (χ1n) is 6.44. The van der Waals surface area contributed by atoms with E-state index in [-0.39, 0.29) is 0 Å². The lowest BCUT2D eigenvalue weighted by Gasteiger charge is -2.23. The Hall–Kier alpha value is -1.23. The summed E-state index contributed by atoms with van der Waals surface area (Å²) in [4.78, 5) is 11.3. The van der Waals surface area contributed by atoms with Crippen molar-refractivity contribution in [2.24, 2.45) is 5.41 Å². The van der Waals surface area contributed by atoms with Crippen molar-refractivity contribution < 1.29 is 19.4 Å². The molecule has 0 aliphatic carbocycles. The number of halogens is 1. The zero-order chi connectivity index (χ0) is 15.5. The second-order valence-corrected chi connectivity index (χ2v) is 6.09. The Morgan fingerprint density at radius 3 is 2.15 bits per heavy atom. The zero-order valence-corrected chi connectivity index (χ0v) is 14.1. The van der Waals surface area contributed by atoms with Crippen molar-refractivity contribution in [3.05, 3.63) is 21.7 Å². The van der Waals surface area contributed by atoms with Gasteiger partial charge in [0.25, 0.3) is 0 Å². The summed E-state index contributed by atoms with van der Waals surface area (Å²) in [6.45, 7) is 5.44. The van der Waals surface area contributed by atoms with E-state index in [4.69, 9.17) is 9.47 Å². The normalized spacial score (nSPS) is 11.3. The molecule has 0 saturated carbocycles. The van der Waals surface area contributed by atoms with Crippen molar-refractivity contribution in [3.63, 3.8) is 0 Å². The number of benzene rings is 1. The molecule has 0 saturated heterocycles. The Morgan fingerprint density at radius 2 is 1.75 bits per heavy atom. The summed E-state index contributed by atoms with van der Waals surface area (Å²) in [6.07, 6.45) is 1.19. The Labute approximate surface area is 128 Å². The van der Waals surface area contributed by atoms with Crippen molar-refractivity contribution >= 4 is 21.9 Å². The number of aryl methyl sites for hydroxylation is 1. The standard InChI is InChI=1S/C15H21BrO4/c1-6-9-7-10(8-15(2,3)14(17)18)13(20-5)11(16)12(9)19-4/h7H,6,8H2,1-5H3,(H,17,18). The van der Waals surface area contributed by atoms with Gasteiger partial charge in [-0.2, -0.15) is 0 Å². The molecule has 5 heteroatoms. The van der Waals surface area contributed by atoms with Gasteiger partial charge in [0, 0.05) is 0 Å². The van der Waals surface area contributed by atoms with E-state index in [1.165, 1.54) is 0 Å². The summed E-state index contributed by atoms with van der Waals surface area (Å²) >= 11 is 3.49. The van der Waals surface area contributed by atoms with Gasteiger partial charge in [0.1, 0.15) is 16.0 Å². The van der Waals surface area contributed by atoms with Crippen LogP contribution in [0.2, 0.25) is 0 Å². The molecule has 4 nitrogen and oxygen atoms in total. The zero-order valence-electron chi connectivity index (χ0n) is 12.5. The molecule has 112 valence electrons. The van der Waals surface area contributed by atoms with Crippen LogP contribution in [0, 0.1) is 5.41 Å². The van der Waals surface area contributed by atoms with Crippen LogP contribution < -0.4 is 9.47 Å². The van der Waals surface area contributed by atoms with Crippen molar-refractivity contribution in [1.82, 2.24) is 0 Å². The van der Waals surface area contributed by atoms with Crippen LogP contribution in [0.4, 0.5) is 0 Å². The summed E-state index contributed by atoms with van der Waals surface area (Å²) in [7, 11) is 3.18. The molecular formula is C15H21BrO4. The van der Waals surface area contributed by atoms with Crippen LogP contribution in [0.5, 0.6) is 11.5 Å². The Morgan fingerprint density at radius 1 is 1.25 bits per heavy atom. The monoisotopic (exact) mass is 344 g/mol. The maximum atomic E-state index is 11.3. The molecule has 1 aromatic rings. The number of carbonyl (C=O) groups is 1. The number of ether oxygens (including phenoxy) is 2. The molecule has 0 spiro atoms. The first-order chi connectivity index (χ1) is 9.28. The van der Waals surface area contributed by atoms with Crippen LogP contribution in [0.1, 0.15) is 31.9 Å². The largest absolute Gasteiger partial charge is 0.495 e. The van der Waals surface area contributed by atoms with E-state index in [0.717, 1.165) is 27.8 Å². The summed E-state index contributed by atoms with van der Waals surface area (Å²) < 4.78 is 11.6. The Bertz CT molecular complexity index is 509. The smallest absolute Gasteiger partial charge is 0.309 e. The lowest BCUT2D eigenvalue weighted by Crippen LogP contribution is -2.26. The highest BCUT2D eigenvalue weighted by molar-refractivity contribution is 9.10. The Kier molecular flexibility index (Phi) is 5.45. The fourth-order valence-electron chi connectivity index (χ4n) is 2.11. The molecule has 0 aliphatic heterocycles. The van der Waals surface area contributed by atoms with Crippen molar-refractivity contribution in [3.8, 4) is 11.5 Å². The average molecular weight is 345 g/mol. The number of hydrogen-bond donors (Lipinski definition) is 1. The lowest BCUT2D eigenvalue weighted by molar-refractivity contribution is -0.146. The molecule has 0 aliphatic rings.